The van der Waals surface area contributed by atoms with Crippen LogP contribution < -0.4 is 11.3 Å². The maximum Gasteiger partial charge on any atom is 0.296 e. The lowest BCUT2D eigenvalue weighted by Crippen LogP contribution is -2.11. The number of hydrazine groups is 1. The molecule has 70 valence electrons. The summed E-state index contributed by atoms with van der Waals surface area (Å²) in [5.74, 6) is 2.24. The lowest BCUT2D eigenvalue weighted by atomic mass is 10.2. The maximum absolute atomic E-state index is 12.8. The molecule has 0 aliphatic rings. The fourth-order valence-corrected chi connectivity index (χ4v) is 0.830. The second kappa shape index (κ2) is 3.31. The number of hydrogen-bond donors (Lipinski definition) is 2. The molecule has 0 amide bonds. The van der Waals surface area contributed by atoms with Crippen molar-refractivity contribution in [2.45, 2.75) is 0 Å². The molecule has 0 saturated carbocycles. The number of nitro benzene ring substituents is 1. The zero-order valence-electron chi connectivity index (χ0n) is 6.25. The van der Waals surface area contributed by atoms with Crippen LogP contribution in [0.15, 0.2) is 12.1 Å². The minimum absolute atomic E-state index is 0.610. The van der Waals surface area contributed by atoms with Gasteiger partial charge in [-0.1, -0.05) is 0 Å². The summed E-state index contributed by atoms with van der Waals surface area (Å²) in [5, 5.41) is 10.3. The monoisotopic (exact) mass is 189 g/mol. The number of hydrogen-bond acceptors (Lipinski definition) is 4. The number of nitrogens with zero attached hydrogens (tertiary/aromatic N) is 1. The molecule has 3 N–H and O–H groups in total. The van der Waals surface area contributed by atoms with E-state index in [-0.39, 0.29) is 0 Å². The Kier molecular flexibility index (Phi) is 2.38. The molecular formula is C6H5F2N3O2. The minimum Gasteiger partial charge on any atom is -0.316 e. The molecule has 1 rings (SSSR count). The molecule has 1 aromatic carbocycles. The van der Waals surface area contributed by atoms with E-state index in [0.29, 0.717) is 6.07 Å². The fraction of sp³-hybridized carbons (Fsp3) is 0. The molecule has 0 unspecified atom stereocenters. The molecule has 13 heavy (non-hydrogen) atoms. The van der Waals surface area contributed by atoms with Crippen LogP contribution >= 0.6 is 0 Å². The quantitative estimate of drug-likeness (QED) is 0.415. The van der Waals surface area contributed by atoms with Crippen molar-refractivity contribution in [3.63, 3.8) is 0 Å². The van der Waals surface area contributed by atoms with Crippen molar-refractivity contribution in [2.24, 2.45) is 5.84 Å². The molecule has 0 bridgehead atoms. The van der Waals surface area contributed by atoms with E-state index in [1.807, 2.05) is 0 Å². The van der Waals surface area contributed by atoms with E-state index in [0.717, 1.165) is 6.07 Å². The molecule has 0 aromatic heterocycles. The number of benzene rings is 1. The molecule has 0 atom stereocenters. The van der Waals surface area contributed by atoms with E-state index in [4.69, 9.17) is 5.84 Å². The van der Waals surface area contributed by atoms with Gasteiger partial charge in [0.05, 0.1) is 4.92 Å². The van der Waals surface area contributed by atoms with Crippen molar-refractivity contribution in [2.75, 3.05) is 5.43 Å². The minimum atomic E-state index is -1.36. The third-order valence-electron chi connectivity index (χ3n) is 1.41. The average molecular weight is 189 g/mol. The molecule has 7 heteroatoms. The van der Waals surface area contributed by atoms with Gasteiger partial charge in [0, 0.05) is 6.07 Å². The highest BCUT2D eigenvalue weighted by Gasteiger charge is 2.20. The molecule has 0 fully saturated rings. The fourth-order valence-electron chi connectivity index (χ4n) is 0.830. The Balaban J connectivity index is 3.38. The summed E-state index contributed by atoms with van der Waals surface area (Å²) in [6, 6.07) is 1.49. The van der Waals surface area contributed by atoms with Crippen LogP contribution in [0.5, 0.6) is 0 Å². The third-order valence-corrected chi connectivity index (χ3v) is 1.41. The van der Waals surface area contributed by atoms with Gasteiger partial charge >= 0.3 is 0 Å². The number of nitro groups is 1. The van der Waals surface area contributed by atoms with Crippen molar-refractivity contribution in [3.05, 3.63) is 33.9 Å². The van der Waals surface area contributed by atoms with Gasteiger partial charge in [-0.3, -0.25) is 16.0 Å². The number of nitrogens with two attached hydrogens (primary N) is 1. The molecule has 0 saturated heterocycles. The molecule has 0 heterocycles. The van der Waals surface area contributed by atoms with Crippen LogP contribution in [-0.4, -0.2) is 4.92 Å². The Morgan fingerprint density at radius 3 is 2.54 bits per heavy atom. The van der Waals surface area contributed by atoms with Crippen molar-refractivity contribution < 1.29 is 13.7 Å². The maximum atomic E-state index is 12.8. The predicted octanol–water partition coefficient (Wildman–Crippen LogP) is 1.16. The lowest BCUT2D eigenvalue weighted by Gasteiger charge is -2.02. The second-order valence-electron chi connectivity index (χ2n) is 2.16. The zero-order valence-corrected chi connectivity index (χ0v) is 6.25. The number of anilines is 1. The highest BCUT2D eigenvalue weighted by molar-refractivity contribution is 5.61. The lowest BCUT2D eigenvalue weighted by molar-refractivity contribution is -0.384. The topological polar surface area (TPSA) is 81.2 Å². The van der Waals surface area contributed by atoms with Gasteiger partial charge in [0.15, 0.2) is 17.3 Å². The first-order valence-electron chi connectivity index (χ1n) is 3.17. The first-order chi connectivity index (χ1) is 6.07. The number of rotatable bonds is 2. The highest BCUT2D eigenvalue weighted by Crippen LogP contribution is 2.27. The van der Waals surface area contributed by atoms with E-state index in [2.05, 4.69) is 0 Å². The summed E-state index contributed by atoms with van der Waals surface area (Å²) in [4.78, 5) is 9.40. The Bertz CT molecular complexity index is 356. The molecular weight excluding hydrogens is 184 g/mol. The van der Waals surface area contributed by atoms with Crippen LogP contribution in [-0.2, 0) is 0 Å². The summed E-state index contributed by atoms with van der Waals surface area (Å²) >= 11 is 0. The van der Waals surface area contributed by atoms with Crippen molar-refractivity contribution in [1.82, 2.24) is 0 Å². The van der Waals surface area contributed by atoms with Gasteiger partial charge in [-0.25, -0.2) is 8.78 Å². The number of nitrogen functional groups attached to an aromatic ring is 1. The SMILES string of the molecule is NNc1c([N+](=O)[O-])ccc(F)c1F. The Hall–Kier alpha value is -1.76. The molecule has 0 aliphatic heterocycles. The van der Waals surface area contributed by atoms with Crippen LogP contribution in [0.25, 0.3) is 0 Å². The second-order valence-corrected chi connectivity index (χ2v) is 2.16. The van der Waals surface area contributed by atoms with Crippen LogP contribution in [0.4, 0.5) is 20.2 Å². The number of nitrogens with one attached hydrogen (secondary N) is 1. The van der Waals surface area contributed by atoms with Gasteiger partial charge in [-0.05, 0) is 6.07 Å². The van der Waals surface area contributed by atoms with Crippen LogP contribution in [0.2, 0.25) is 0 Å². The van der Waals surface area contributed by atoms with E-state index in [9.17, 15) is 18.9 Å². The van der Waals surface area contributed by atoms with Gasteiger partial charge in [-0.2, -0.15) is 0 Å². The third kappa shape index (κ3) is 1.54. The van der Waals surface area contributed by atoms with Crippen molar-refractivity contribution in [1.29, 1.82) is 0 Å². The summed E-state index contributed by atoms with van der Waals surface area (Å²) in [6.07, 6.45) is 0. The largest absolute Gasteiger partial charge is 0.316 e. The zero-order chi connectivity index (χ0) is 10.0. The molecule has 0 spiro atoms. The van der Waals surface area contributed by atoms with Crippen LogP contribution in [0, 0.1) is 21.7 Å². The Morgan fingerprint density at radius 1 is 1.46 bits per heavy atom. The summed E-state index contributed by atoms with van der Waals surface area (Å²) in [6.45, 7) is 0. The number of halogens is 2. The normalized spacial score (nSPS) is 9.77. The van der Waals surface area contributed by atoms with Crippen molar-refractivity contribution in [3.8, 4) is 0 Å². The van der Waals surface area contributed by atoms with E-state index >= 15 is 0 Å². The van der Waals surface area contributed by atoms with Crippen LogP contribution in [0.3, 0.4) is 0 Å². The Morgan fingerprint density at radius 2 is 2.08 bits per heavy atom. The van der Waals surface area contributed by atoms with E-state index in [1.165, 1.54) is 0 Å². The molecule has 0 aliphatic carbocycles. The summed E-state index contributed by atoms with van der Waals surface area (Å²) < 4.78 is 25.3. The van der Waals surface area contributed by atoms with Gasteiger partial charge in [0.2, 0.25) is 0 Å². The van der Waals surface area contributed by atoms with E-state index in [1.54, 1.807) is 5.43 Å². The first kappa shape index (κ1) is 9.33. The summed E-state index contributed by atoms with van der Waals surface area (Å²) in [5.41, 5.74) is 0.458. The molecule has 0 radical (unpaired) electrons. The van der Waals surface area contributed by atoms with Gasteiger partial charge in [-0.15, -0.1) is 0 Å². The average Bonchev–Trinajstić information content (AvgIpc) is 2.09. The smallest absolute Gasteiger partial charge is 0.296 e. The highest BCUT2D eigenvalue weighted by atomic mass is 19.2. The molecule has 5 nitrogen and oxygen atoms in total. The van der Waals surface area contributed by atoms with Crippen molar-refractivity contribution >= 4 is 11.4 Å². The summed E-state index contributed by atoms with van der Waals surface area (Å²) in [7, 11) is 0. The van der Waals surface area contributed by atoms with Crippen LogP contribution in [0.1, 0.15) is 0 Å². The first-order valence-corrected chi connectivity index (χ1v) is 3.17. The Labute approximate surface area is 71.3 Å². The van der Waals surface area contributed by atoms with Gasteiger partial charge in [0.1, 0.15) is 0 Å². The van der Waals surface area contributed by atoms with Gasteiger partial charge < -0.3 is 5.43 Å². The predicted molar refractivity (Wildman–Crippen MR) is 40.8 cm³/mol. The van der Waals surface area contributed by atoms with E-state index < -0.39 is 27.9 Å². The molecule has 1 aromatic rings. The van der Waals surface area contributed by atoms with Gasteiger partial charge in [0.25, 0.3) is 5.69 Å². The standard InChI is InChI=1S/C6H5F2N3O2/c7-3-1-2-4(11(12)13)6(10-9)5(3)8/h1-2,10H,9H2.